The first kappa shape index (κ1) is 22.3. The molecule has 1 saturated heterocycles. The summed E-state index contributed by atoms with van der Waals surface area (Å²) in [4.78, 5) is 15.6. The molecule has 3 aliphatic carbocycles. The van der Waals surface area contributed by atoms with Crippen LogP contribution in [0.4, 0.5) is 0 Å². The molecule has 2 bridgehead atoms. The maximum absolute atomic E-state index is 12.9. The van der Waals surface area contributed by atoms with Crippen molar-refractivity contribution in [1.29, 1.82) is 0 Å². The number of methoxy groups -OCH3 is 1. The second kappa shape index (κ2) is 8.80. The zero-order chi connectivity index (χ0) is 23.2. The summed E-state index contributed by atoms with van der Waals surface area (Å²) in [6.45, 7) is 2.96. The van der Waals surface area contributed by atoms with Crippen molar-refractivity contribution >= 4 is 5.78 Å². The van der Waals surface area contributed by atoms with E-state index in [2.05, 4.69) is 53.4 Å². The first-order valence-electron chi connectivity index (χ1n) is 13.2. The van der Waals surface area contributed by atoms with Gasteiger partial charge in [-0.1, -0.05) is 36.4 Å². The van der Waals surface area contributed by atoms with Crippen molar-refractivity contribution in [3.63, 3.8) is 0 Å². The van der Waals surface area contributed by atoms with Crippen LogP contribution in [0.3, 0.4) is 0 Å². The Kier molecular flexibility index (Phi) is 5.77. The summed E-state index contributed by atoms with van der Waals surface area (Å²) in [5, 5.41) is 0. The third kappa shape index (κ3) is 3.70. The van der Waals surface area contributed by atoms with Crippen LogP contribution in [0.15, 0.2) is 48.5 Å². The number of piperidine rings is 1. The fourth-order valence-corrected chi connectivity index (χ4v) is 7.33. The van der Waals surface area contributed by atoms with E-state index in [1.165, 1.54) is 36.1 Å². The van der Waals surface area contributed by atoms with Crippen molar-refractivity contribution in [3.05, 3.63) is 65.2 Å². The lowest BCUT2D eigenvalue weighted by Crippen LogP contribution is -2.74. The highest BCUT2D eigenvalue weighted by molar-refractivity contribution is 5.82. The number of nitrogens with zero attached hydrogens (tertiary/aromatic N) is 1. The Morgan fingerprint density at radius 3 is 2.74 bits per heavy atom. The van der Waals surface area contributed by atoms with E-state index in [9.17, 15) is 4.79 Å². The van der Waals surface area contributed by atoms with Gasteiger partial charge >= 0.3 is 0 Å². The highest BCUT2D eigenvalue weighted by atomic mass is 16.5. The molecule has 0 spiro atoms. The molecule has 34 heavy (non-hydrogen) atoms. The second-order valence-electron chi connectivity index (χ2n) is 11.1. The summed E-state index contributed by atoms with van der Waals surface area (Å²) < 4.78 is 12.8. The van der Waals surface area contributed by atoms with Gasteiger partial charge in [0.1, 0.15) is 11.5 Å². The fraction of sp³-hybridized carbons (Fsp3) is 0.567. The van der Waals surface area contributed by atoms with E-state index in [4.69, 9.17) is 9.47 Å². The van der Waals surface area contributed by atoms with Crippen LogP contribution in [-0.2, 0) is 27.8 Å². The molecule has 1 aliphatic heterocycles. The van der Waals surface area contributed by atoms with Crippen molar-refractivity contribution in [2.75, 3.05) is 26.8 Å². The Bertz CT molecular complexity index is 1050. The molecular formula is C30H37NO3. The number of hydrogen-bond donors (Lipinski definition) is 0. The van der Waals surface area contributed by atoms with Crippen LogP contribution in [0.25, 0.3) is 0 Å². The van der Waals surface area contributed by atoms with Gasteiger partial charge in [-0.25, -0.2) is 0 Å². The maximum Gasteiger partial charge on any atom is 0.134 e. The van der Waals surface area contributed by atoms with E-state index < -0.39 is 0 Å². The molecule has 2 saturated carbocycles. The Morgan fingerprint density at radius 2 is 1.94 bits per heavy atom. The standard InChI is InChI=1S/C30H37NO3/c1-33-30-14-13-25(32)20-29(30)15-16-31(21-23-9-10-23)28(30)18-24-11-12-26(19-27(24)29)34-17-5-8-22-6-3-2-4-7-22/h2-4,6-7,11-12,19,23,28H,5,8-10,13-18,20-21H2,1H3/t28?,29-,30-/m1/s1. The zero-order valence-electron chi connectivity index (χ0n) is 20.4. The molecule has 0 amide bonds. The average molecular weight is 460 g/mol. The predicted octanol–water partition coefficient (Wildman–Crippen LogP) is 5.11. The number of fused-ring (bicyclic) bond motifs is 1. The smallest absolute Gasteiger partial charge is 0.134 e. The quantitative estimate of drug-likeness (QED) is 0.514. The number of rotatable bonds is 8. The highest BCUT2D eigenvalue weighted by Crippen LogP contribution is 2.59. The van der Waals surface area contributed by atoms with Crippen LogP contribution in [0, 0.1) is 5.92 Å². The molecule has 1 heterocycles. The van der Waals surface area contributed by atoms with Crippen LogP contribution in [0.5, 0.6) is 5.75 Å². The van der Waals surface area contributed by atoms with Gasteiger partial charge in [0.15, 0.2) is 0 Å². The highest BCUT2D eigenvalue weighted by Gasteiger charge is 2.66. The second-order valence-corrected chi connectivity index (χ2v) is 11.1. The molecule has 0 N–H and O–H groups in total. The van der Waals surface area contributed by atoms with Crippen LogP contribution in [-0.4, -0.2) is 49.1 Å². The number of hydrogen-bond acceptors (Lipinski definition) is 4. The molecule has 3 atom stereocenters. The van der Waals surface area contributed by atoms with E-state index in [1.54, 1.807) is 0 Å². The maximum atomic E-state index is 12.9. The Labute approximate surface area is 203 Å². The Hall–Kier alpha value is -2.17. The van der Waals surface area contributed by atoms with Gasteiger partial charge in [0.2, 0.25) is 0 Å². The summed E-state index contributed by atoms with van der Waals surface area (Å²) in [6.07, 6.45) is 8.87. The van der Waals surface area contributed by atoms with Crippen molar-refractivity contribution < 1.29 is 14.3 Å². The molecule has 4 aliphatic rings. The van der Waals surface area contributed by atoms with Crippen LogP contribution >= 0.6 is 0 Å². The number of ether oxygens (including phenoxy) is 2. The summed E-state index contributed by atoms with van der Waals surface area (Å²) >= 11 is 0. The molecule has 0 radical (unpaired) electrons. The van der Waals surface area contributed by atoms with Gasteiger partial charge in [-0.15, -0.1) is 0 Å². The van der Waals surface area contributed by atoms with E-state index in [1.807, 2.05) is 7.11 Å². The third-order valence-electron chi connectivity index (χ3n) is 9.17. The van der Waals surface area contributed by atoms with Crippen LogP contribution < -0.4 is 4.74 Å². The SMILES string of the molecule is CO[C@@]12CCC(=O)C[C@@]13CCN(CC1CC1)C2Cc1ccc(OCCCc2ccccc2)cc13. The summed E-state index contributed by atoms with van der Waals surface area (Å²) in [6, 6.07) is 17.6. The van der Waals surface area contributed by atoms with Crippen LogP contribution in [0.2, 0.25) is 0 Å². The lowest BCUT2D eigenvalue weighted by Gasteiger charge is -2.65. The predicted molar refractivity (Wildman–Crippen MR) is 133 cm³/mol. The van der Waals surface area contributed by atoms with Crippen molar-refractivity contribution in [1.82, 2.24) is 4.90 Å². The Morgan fingerprint density at radius 1 is 1.09 bits per heavy atom. The van der Waals surface area contributed by atoms with Gasteiger partial charge in [-0.05, 0) is 86.2 Å². The van der Waals surface area contributed by atoms with Crippen molar-refractivity contribution in [2.45, 2.75) is 74.8 Å². The molecular weight excluding hydrogens is 422 g/mol. The minimum atomic E-state index is -0.271. The first-order chi connectivity index (χ1) is 16.6. The van der Waals surface area contributed by atoms with E-state index in [-0.39, 0.29) is 11.0 Å². The molecule has 4 heteroatoms. The molecule has 0 aromatic heterocycles. The molecule has 6 rings (SSSR count). The molecule has 2 aromatic carbocycles. The number of Topliss-reactive ketones (excluding diaryl/α,β-unsaturated/α-hetero) is 1. The van der Waals surface area contributed by atoms with E-state index in [0.717, 1.165) is 50.3 Å². The van der Waals surface area contributed by atoms with E-state index in [0.29, 0.717) is 31.3 Å². The van der Waals surface area contributed by atoms with Gasteiger partial charge in [0.05, 0.1) is 12.2 Å². The van der Waals surface area contributed by atoms with Gasteiger partial charge < -0.3 is 9.47 Å². The van der Waals surface area contributed by atoms with Crippen molar-refractivity contribution in [3.8, 4) is 5.75 Å². The number of carbonyl (C=O) groups is 1. The number of ketones is 1. The Balaban J connectivity index is 1.27. The van der Waals surface area contributed by atoms with Gasteiger partial charge in [0.25, 0.3) is 0 Å². The summed E-state index contributed by atoms with van der Waals surface area (Å²) in [7, 11) is 1.90. The number of benzene rings is 2. The minimum absolute atomic E-state index is 0.223. The number of aryl methyl sites for hydroxylation is 1. The van der Waals surface area contributed by atoms with E-state index >= 15 is 0 Å². The third-order valence-corrected chi connectivity index (χ3v) is 9.17. The number of likely N-dealkylation sites (tertiary alicyclic amines) is 1. The normalized spacial score (nSPS) is 30.5. The molecule has 2 aromatic rings. The van der Waals surface area contributed by atoms with Crippen molar-refractivity contribution in [2.24, 2.45) is 5.92 Å². The summed E-state index contributed by atoms with van der Waals surface area (Å²) in [5.41, 5.74) is 3.58. The lowest BCUT2D eigenvalue weighted by molar-refractivity contribution is -0.187. The van der Waals surface area contributed by atoms with Gasteiger partial charge in [-0.3, -0.25) is 9.69 Å². The molecule has 1 unspecified atom stereocenters. The largest absolute Gasteiger partial charge is 0.494 e. The topological polar surface area (TPSA) is 38.8 Å². The first-order valence-corrected chi connectivity index (χ1v) is 13.2. The minimum Gasteiger partial charge on any atom is -0.494 e. The lowest BCUT2D eigenvalue weighted by atomic mass is 9.49. The fourth-order valence-electron chi connectivity index (χ4n) is 7.33. The molecule has 4 nitrogen and oxygen atoms in total. The summed E-state index contributed by atoms with van der Waals surface area (Å²) in [5.74, 6) is 2.19. The molecule has 3 fully saturated rings. The van der Waals surface area contributed by atoms with Gasteiger partial charge in [0, 0.05) is 38.0 Å². The average Bonchev–Trinajstić information content (AvgIpc) is 3.68. The van der Waals surface area contributed by atoms with Gasteiger partial charge in [-0.2, -0.15) is 0 Å². The molecule has 180 valence electrons. The monoisotopic (exact) mass is 459 g/mol. The number of carbonyl (C=O) groups excluding carboxylic acids is 1. The zero-order valence-corrected chi connectivity index (χ0v) is 20.4. The van der Waals surface area contributed by atoms with Crippen LogP contribution in [0.1, 0.15) is 61.6 Å².